The molecule has 0 aliphatic heterocycles. The number of hydrogen-bond donors (Lipinski definition) is 1. The van der Waals surface area contributed by atoms with E-state index in [0.29, 0.717) is 18.1 Å². The van der Waals surface area contributed by atoms with Crippen LogP contribution in [0.1, 0.15) is 57.3 Å². The molecule has 1 amide bonds. The predicted molar refractivity (Wildman–Crippen MR) is 93.5 cm³/mol. The second-order valence-electron chi connectivity index (χ2n) is 6.66. The fourth-order valence-corrected chi connectivity index (χ4v) is 3.40. The van der Waals surface area contributed by atoms with E-state index < -0.39 is 0 Å². The minimum atomic E-state index is 0.0762. The number of anilines is 1. The number of aryl methyl sites for hydroxylation is 1. The maximum atomic E-state index is 12.1. The third kappa shape index (κ3) is 4.66. The zero-order valence-electron chi connectivity index (χ0n) is 14.3. The summed E-state index contributed by atoms with van der Waals surface area (Å²) >= 11 is 0. The Bertz CT molecular complexity index is 675. The van der Waals surface area contributed by atoms with Gasteiger partial charge in [0.1, 0.15) is 0 Å². The Balaban J connectivity index is 1.49. The van der Waals surface area contributed by atoms with Crippen LogP contribution in [-0.2, 0) is 4.79 Å². The molecule has 5 heteroatoms. The molecule has 1 aliphatic carbocycles. The smallest absolute Gasteiger partial charge is 0.224 e. The van der Waals surface area contributed by atoms with Crippen molar-refractivity contribution in [3.63, 3.8) is 0 Å². The molecule has 1 aromatic heterocycles. The van der Waals surface area contributed by atoms with Crippen LogP contribution >= 0.6 is 0 Å². The van der Waals surface area contributed by atoms with Gasteiger partial charge in [-0.15, -0.1) is 0 Å². The lowest BCUT2D eigenvalue weighted by Crippen LogP contribution is -2.12. The van der Waals surface area contributed by atoms with Gasteiger partial charge in [0, 0.05) is 24.6 Å². The fraction of sp³-hybridized carbons (Fsp3) is 0.526. The highest BCUT2D eigenvalue weighted by atomic mass is 16.5. The van der Waals surface area contributed by atoms with E-state index in [1.54, 1.807) is 6.92 Å². The SMILES string of the molecule is Cc1nc(-c2cccc(NC(=O)CCCC3CCCCC3)c2)no1. The molecular weight excluding hydrogens is 302 g/mol. The number of benzene rings is 1. The van der Waals surface area contributed by atoms with Crippen molar-refractivity contribution in [3.05, 3.63) is 30.2 Å². The van der Waals surface area contributed by atoms with Gasteiger partial charge in [-0.05, 0) is 30.9 Å². The summed E-state index contributed by atoms with van der Waals surface area (Å²) < 4.78 is 5.00. The molecule has 2 aromatic rings. The maximum Gasteiger partial charge on any atom is 0.224 e. The quantitative estimate of drug-likeness (QED) is 0.832. The Hall–Kier alpha value is -2.17. The number of rotatable bonds is 6. The van der Waals surface area contributed by atoms with Crippen LogP contribution in [0.25, 0.3) is 11.4 Å². The summed E-state index contributed by atoms with van der Waals surface area (Å²) in [5.41, 5.74) is 1.62. The van der Waals surface area contributed by atoms with Crippen LogP contribution in [0.3, 0.4) is 0 Å². The molecule has 1 aromatic carbocycles. The molecule has 1 fully saturated rings. The van der Waals surface area contributed by atoms with Crippen molar-refractivity contribution < 1.29 is 9.32 Å². The van der Waals surface area contributed by atoms with E-state index in [1.807, 2.05) is 24.3 Å². The Morgan fingerprint density at radius 2 is 2.12 bits per heavy atom. The Labute approximate surface area is 142 Å². The van der Waals surface area contributed by atoms with Gasteiger partial charge in [0.2, 0.25) is 17.6 Å². The normalized spacial score (nSPS) is 15.4. The number of carbonyl (C=O) groups excluding carboxylic acids is 1. The average molecular weight is 327 g/mol. The molecule has 24 heavy (non-hydrogen) atoms. The van der Waals surface area contributed by atoms with Crippen molar-refractivity contribution in [2.24, 2.45) is 5.92 Å². The van der Waals surface area contributed by atoms with Gasteiger partial charge in [0.15, 0.2) is 0 Å². The molecule has 0 saturated heterocycles. The molecule has 0 spiro atoms. The minimum Gasteiger partial charge on any atom is -0.339 e. The maximum absolute atomic E-state index is 12.1. The lowest BCUT2D eigenvalue weighted by Gasteiger charge is -2.21. The topological polar surface area (TPSA) is 68.0 Å². The van der Waals surface area contributed by atoms with Crippen LogP contribution in [-0.4, -0.2) is 16.0 Å². The van der Waals surface area contributed by atoms with Gasteiger partial charge in [-0.1, -0.05) is 49.4 Å². The van der Waals surface area contributed by atoms with Crippen LogP contribution in [0.15, 0.2) is 28.8 Å². The molecule has 0 radical (unpaired) electrons. The molecule has 1 heterocycles. The van der Waals surface area contributed by atoms with Gasteiger partial charge in [0.25, 0.3) is 0 Å². The van der Waals surface area contributed by atoms with E-state index in [4.69, 9.17) is 4.52 Å². The molecule has 5 nitrogen and oxygen atoms in total. The average Bonchev–Trinajstić information content (AvgIpc) is 3.03. The first-order valence-corrected chi connectivity index (χ1v) is 8.91. The number of nitrogens with zero attached hydrogens (tertiary/aromatic N) is 2. The largest absolute Gasteiger partial charge is 0.339 e. The van der Waals surface area contributed by atoms with E-state index in [0.717, 1.165) is 23.6 Å². The van der Waals surface area contributed by atoms with E-state index in [2.05, 4.69) is 15.5 Å². The number of amides is 1. The molecular formula is C19H25N3O2. The molecule has 3 rings (SSSR count). The van der Waals surface area contributed by atoms with Gasteiger partial charge in [-0.25, -0.2) is 0 Å². The lowest BCUT2D eigenvalue weighted by atomic mass is 9.86. The standard InChI is InChI=1S/C19H25N3O2/c1-14-20-19(22-24-14)16-10-6-11-17(13-16)21-18(23)12-5-9-15-7-3-2-4-8-15/h6,10-11,13,15H,2-5,7-9,12H2,1H3,(H,21,23). The first kappa shape index (κ1) is 16.7. The van der Waals surface area contributed by atoms with Crippen molar-refractivity contribution in [3.8, 4) is 11.4 Å². The second-order valence-corrected chi connectivity index (χ2v) is 6.66. The van der Waals surface area contributed by atoms with Crippen molar-refractivity contribution >= 4 is 11.6 Å². The van der Waals surface area contributed by atoms with E-state index in [-0.39, 0.29) is 5.91 Å². The minimum absolute atomic E-state index is 0.0762. The van der Waals surface area contributed by atoms with Crippen LogP contribution in [0.4, 0.5) is 5.69 Å². The van der Waals surface area contributed by atoms with Crippen molar-refractivity contribution in [1.29, 1.82) is 0 Å². The molecule has 0 bridgehead atoms. The Morgan fingerprint density at radius 3 is 2.88 bits per heavy atom. The summed E-state index contributed by atoms with van der Waals surface area (Å²) in [6.07, 6.45) is 9.52. The molecule has 0 atom stereocenters. The first-order chi connectivity index (χ1) is 11.7. The highest BCUT2D eigenvalue weighted by Crippen LogP contribution is 2.27. The van der Waals surface area contributed by atoms with Crippen molar-refractivity contribution in [2.75, 3.05) is 5.32 Å². The van der Waals surface area contributed by atoms with Crippen LogP contribution in [0.5, 0.6) is 0 Å². The van der Waals surface area contributed by atoms with E-state index in [1.165, 1.54) is 38.5 Å². The monoisotopic (exact) mass is 327 g/mol. The molecule has 1 N–H and O–H groups in total. The zero-order chi connectivity index (χ0) is 16.8. The van der Waals surface area contributed by atoms with Gasteiger partial charge in [0.05, 0.1) is 0 Å². The van der Waals surface area contributed by atoms with E-state index in [9.17, 15) is 4.79 Å². The number of carbonyl (C=O) groups is 1. The summed E-state index contributed by atoms with van der Waals surface area (Å²) in [7, 11) is 0. The van der Waals surface area contributed by atoms with Crippen molar-refractivity contribution in [1.82, 2.24) is 10.1 Å². The van der Waals surface area contributed by atoms with E-state index >= 15 is 0 Å². The molecule has 128 valence electrons. The van der Waals surface area contributed by atoms with Crippen molar-refractivity contribution in [2.45, 2.75) is 58.3 Å². The van der Waals surface area contributed by atoms with Gasteiger partial charge < -0.3 is 9.84 Å². The fourth-order valence-electron chi connectivity index (χ4n) is 3.40. The Kier molecular flexibility index (Phi) is 5.62. The Morgan fingerprint density at radius 1 is 1.29 bits per heavy atom. The summed E-state index contributed by atoms with van der Waals surface area (Å²) in [5.74, 6) is 1.98. The lowest BCUT2D eigenvalue weighted by molar-refractivity contribution is -0.116. The van der Waals surface area contributed by atoms with Crippen LogP contribution in [0.2, 0.25) is 0 Å². The molecule has 1 aliphatic rings. The summed E-state index contributed by atoms with van der Waals surface area (Å²) in [6.45, 7) is 1.76. The third-order valence-corrected chi connectivity index (χ3v) is 4.67. The molecule has 0 unspecified atom stereocenters. The first-order valence-electron chi connectivity index (χ1n) is 8.91. The number of nitrogens with one attached hydrogen (secondary N) is 1. The highest BCUT2D eigenvalue weighted by Gasteiger charge is 2.14. The van der Waals surface area contributed by atoms with Gasteiger partial charge in [-0.3, -0.25) is 4.79 Å². The summed E-state index contributed by atoms with van der Waals surface area (Å²) in [6, 6.07) is 7.56. The highest BCUT2D eigenvalue weighted by molar-refractivity contribution is 5.91. The third-order valence-electron chi connectivity index (χ3n) is 4.67. The number of aromatic nitrogens is 2. The van der Waals surface area contributed by atoms with Crippen LogP contribution in [0, 0.1) is 12.8 Å². The van der Waals surface area contributed by atoms with Crippen LogP contribution < -0.4 is 5.32 Å². The van der Waals surface area contributed by atoms with Gasteiger partial charge in [-0.2, -0.15) is 4.98 Å². The van der Waals surface area contributed by atoms with Gasteiger partial charge >= 0.3 is 0 Å². The second kappa shape index (κ2) is 8.08. The summed E-state index contributed by atoms with van der Waals surface area (Å²) in [4.78, 5) is 16.4. The zero-order valence-corrected chi connectivity index (χ0v) is 14.3. The predicted octanol–water partition coefficient (Wildman–Crippen LogP) is 4.73. The number of hydrogen-bond acceptors (Lipinski definition) is 4. The summed E-state index contributed by atoms with van der Waals surface area (Å²) in [5, 5.41) is 6.88. The molecule has 1 saturated carbocycles.